The highest BCUT2D eigenvalue weighted by atomic mass is 32.2. The maximum Gasteiger partial charge on any atom is 0.333 e. The van der Waals surface area contributed by atoms with Crippen molar-refractivity contribution in [3.8, 4) is 44.9 Å². The molecule has 0 unspecified atom stereocenters. The Morgan fingerprint density at radius 3 is 1.89 bits per heavy atom. The van der Waals surface area contributed by atoms with Gasteiger partial charge in [-0.2, -0.15) is 0 Å². The number of anilines is 5. The molecule has 0 amide bonds. The summed E-state index contributed by atoms with van der Waals surface area (Å²) in [6.45, 7) is 31.0. The molecule has 2 aliphatic carbocycles. The highest BCUT2D eigenvalue weighted by Crippen LogP contribution is 2.60. The third-order valence-electron chi connectivity index (χ3n) is 17.6. The Hall–Kier alpha value is -6.43. The molecule has 0 aromatic heterocycles. The fourth-order valence-corrected chi connectivity index (χ4v) is 14.2. The molecule has 3 heterocycles. The van der Waals surface area contributed by atoms with Crippen molar-refractivity contribution in [2.24, 2.45) is 0 Å². The molecule has 0 fully saturated rings. The highest BCUT2D eigenvalue weighted by molar-refractivity contribution is 7.99. The molecule has 0 atom stereocenters. The molecule has 0 saturated carbocycles. The number of nitrogens with zero attached hydrogens (tertiary/aromatic N) is 2. The second kappa shape index (κ2) is 15.6. The number of aryl methyl sites for hydroxylation is 1. The van der Waals surface area contributed by atoms with Crippen LogP contribution in [0.5, 0.6) is 11.5 Å². The van der Waals surface area contributed by atoms with Gasteiger partial charge in [0.2, 0.25) is 0 Å². The van der Waals surface area contributed by atoms with Crippen molar-refractivity contribution in [1.29, 1.82) is 0 Å². The molecule has 5 heteroatoms. The van der Waals surface area contributed by atoms with Gasteiger partial charge >= 0.3 is 6.85 Å². The third kappa shape index (κ3) is 6.86. The van der Waals surface area contributed by atoms with E-state index in [1.165, 1.54) is 118 Å². The van der Waals surface area contributed by atoms with Crippen LogP contribution in [0.4, 0.5) is 28.4 Å². The Morgan fingerprint density at radius 1 is 0.493 bits per heavy atom. The molecule has 3 nitrogen and oxygen atoms in total. The SMILES string of the molecule is Cc1cc2c(cc1N1c3cc4c(cc3B3c5c(cc(C(C)(C)C)cc51)-c1c(ccc5c1-c1ccccc1C5(C)C)N3c1ccc(C(C)(C)C)cc1-c1ccccc1)Oc1ccccc1S4)C(C)(C)CCC2(C)C. The molecule has 0 saturated heterocycles. The van der Waals surface area contributed by atoms with Crippen LogP contribution in [0.2, 0.25) is 0 Å². The summed E-state index contributed by atoms with van der Waals surface area (Å²) in [5, 5.41) is 0. The van der Waals surface area contributed by atoms with Gasteiger partial charge in [0.15, 0.2) is 0 Å². The van der Waals surface area contributed by atoms with Crippen LogP contribution in [0.15, 0.2) is 155 Å². The van der Waals surface area contributed by atoms with Crippen LogP contribution in [-0.4, -0.2) is 6.85 Å². The summed E-state index contributed by atoms with van der Waals surface area (Å²) < 4.78 is 7.05. The molecule has 5 aliphatic rings. The normalized spacial score (nSPS) is 17.0. The molecule has 13 rings (SSSR count). The van der Waals surface area contributed by atoms with Gasteiger partial charge in [-0.15, -0.1) is 0 Å². The molecule has 0 radical (unpaired) electrons. The van der Waals surface area contributed by atoms with Crippen molar-refractivity contribution in [2.45, 2.75) is 140 Å². The van der Waals surface area contributed by atoms with Crippen LogP contribution in [0.25, 0.3) is 33.4 Å². The van der Waals surface area contributed by atoms with E-state index in [1.54, 1.807) is 0 Å². The van der Waals surface area contributed by atoms with Gasteiger partial charge in [0, 0.05) is 45.0 Å². The second-order valence-electron chi connectivity index (χ2n) is 25.7. The van der Waals surface area contributed by atoms with Crippen LogP contribution in [-0.2, 0) is 27.1 Å². The number of hydrogen-bond acceptors (Lipinski definition) is 4. The lowest BCUT2D eigenvalue weighted by Gasteiger charge is -2.48. The summed E-state index contributed by atoms with van der Waals surface area (Å²) in [7, 11) is 0. The topological polar surface area (TPSA) is 15.7 Å². The van der Waals surface area contributed by atoms with Crippen molar-refractivity contribution in [3.05, 3.63) is 185 Å². The van der Waals surface area contributed by atoms with Gasteiger partial charge in [0.25, 0.3) is 0 Å². The van der Waals surface area contributed by atoms with Crippen LogP contribution >= 0.6 is 11.8 Å². The van der Waals surface area contributed by atoms with E-state index in [4.69, 9.17) is 4.74 Å². The van der Waals surface area contributed by atoms with E-state index in [0.29, 0.717) is 0 Å². The fourth-order valence-electron chi connectivity index (χ4n) is 13.2. The predicted octanol–water partition coefficient (Wildman–Crippen LogP) is 17.9. The summed E-state index contributed by atoms with van der Waals surface area (Å²) in [5.41, 5.74) is 25.9. The zero-order valence-corrected chi connectivity index (χ0v) is 45.9. The van der Waals surface area contributed by atoms with Gasteiger partial charge < -0.3 is 14.4 Å². The van der Waals surface area contributed by atoms with E-state index in [2.05, 4.69) is 245 Å². The minimum absolute atomic E-state index is 0.0218. The Kier molecular flexibility index (Phi) is 9.88. The molecule has 0 spiro atoms. The van der Waals surface area contributed by atoms with Crippen molar-refractivity contribution < 1.29 is 4.74 Å². The Morgan fingerprint density at radius 2 is 1.15 bits per heavy atom. The van der Waals surface area contributed by atoms with Crippen LogP contribution < -0.4 is 25.4 Å². The molecule has 0 bridgehead atoms. The smallest absolute Gasteiger partial charge is 0.333 e. The van der Waals surface area contributed by atoms with Crippen LogP contribution in [0.3, 0.4) is 0 Å². The molecule has 3 aliphatic heterocycles. The standard InChI is InChI=1S/C68H67BN2OS/c1-40-33-49-50(67(10,11)32-31-66(49,8)9)37-54(40)70-55-39-60-58(72-57-25-19-20-26-59(57)73-60)38-51(55)69-63-46(35-43(36-56(63)70)65(5,6)7)62-53(30-28-48-61(62)44-23-17-18-24-47(44)68(48,12)13)71(69)52-29-27-42(64(2,3)4)34-45(52)41-21-15-14-16-22-41/h14-30,33-39H,31-32H2,1-13H3. The minimum Gasteiger partial charge on any atom is -0.455 e. The first-order valence-corrected chi connectivity index (χ1v) is 27.5. The fraction of sp³-hybridized carbons (Fsp3) is 0.294. The lowest BCUT2D eigenvalue weighted by atomic mass is 9.43. The van der Waals surface area contributed by atoms with Gasteiger partial charge in [0.1, 0.15) is 11.5 Å². The lowest BCUT2D eigenvalue weighted by molar-refractivity contribution is 0.332. The van der Waals surface area contributed by atoms with Crippen LogP contribution in [0.1, 0.15) is 135 Å². The maximum atomic E-state index is 7.05. The summed E-state index contributed by atoms with van der Waals surface area (Å²) >= 11 is 1.82. The first kappa shape index (κ1) is 46.4. The monoisotopic (exact) mass is 971 g/mol. The van der Waals surface area contributed by atoms with E-state index < -0.39 is 0 Å². The van der Waals surface area contributed by atoms with Gasteiger partial charge in [-0.1, -0.05) is 186 Å². The Labute approximate surface area is 439 Å². The average Bonchev–Trinajstić information content (AvgIpc) is 3.59. The van der Waals surface area contributed by atoms with E-state index >= 15 is 0 Å². The number of hydrogen-bond donors (Lipinski definition) is 0. The molecule has 0 N–H and O–H groups in total. The first-order valence-electron chi connectivity index (χ1n) is 26.7. The van der Waals surface area contributed by atoms with Crippen molar-refractivity contribution in [3.63, 3.8) is 0 Å². The van der Waals surface area contributed by atoms with E-state index in [9.17, 15) is 0 Å². The third-order valence-corrected chi connectivity index (χ3v) is 18.7. The maximum absolute atomic E-state index is 7.05. The van der Waals surface area contributed by atoms with Crippen molar-refractivity contribution in [1.82, 2.24) is 0 Å². The number of ether oxygens (including phenoxy) is 1. The summed E-state index contributed by atoms with van der Waals surface area (Å²) in [6.07, 6.45) is 2.32. The quantitative estimate of drug-likeness (QED) is 0.164. The average molecular weight is 971 g/mol. The predicted molar refractivity (Wildman–Crippen MR) is 311 cm³/mol. The summed E-state index contributed by atoms with van der Waals surface area (Å²) in [6, 6.07) is 56.3. The molecular formula is C68H67BN2OS. The number of para-hydroxylation sites is 1. The van der Waals surface area contributed by atoms with Gasteiger partial charge in [-0.3, -0.25) is 0 Å². The van der Waals surface area contributed by atoms with Crippen molar-refractivity contribution >= 4 is 58.0 Å². The largest absolute Gasteiger partial charge is 0.455 e. The second-order valence-corrected chi connectivity index (χ2v) is 26.8. The zero-order valence-electron chi connectivity index (χ0n) is 45.1. The van der Waals surface area contributed by atoms with E-state index in [0.717, 1.165) is 27.7 Å². The molecule has 364 valence electrons. The first-order chi connectivity index (χ1) is 34.6. The van der Waals surface area contributed by atoms with Gasteiger partial charge in [0.05, 0.1) is 9.79 Å². The number of fused-ring (bicyclic) bond motifs is 11. The summed E-state index contributed by atoms with van der Waals surface area (Å²) in [4.78, 5) is 7.72. The number of rotatable bonds is 3. The minimum atomic E-state index is -0.215. The zero-order chi connectivity index (χ0) is 50.9. The molecular weight excluding hydrogens is 904 g/mol. The van der Waals surface area contributed by atoms with Gasteiger partial charge in [-0.05, 0) is 168 Å². The number of benzene rings is 8. The Bertz CT molecular complexity index is 3660. The summed E-state index contributed by atoms with van der Waals surface area (Å²) in [5.74, 6) is 1.82. The van der Waals surface area contributed by atoms with E-state index in [1.807, 2.05) is 11.8 Å². The highest BCUT2D eigenvalue weighted by Gasteiger charge is 2.50. The molecule has 8 aromatic carbocycles. The van der Waals surface area contributed by atoms with Crippen molar-refractivity contribution in [2.75, 3.05) is 9.71 Å². The van der Waals surface area contributed by atoms with Gasteiger partial charge in [-0.25, -0.2) is 0 Å². The molecule has 8 aromatic rings. The molecule has 73 heavy (non-hydrogen) atoms. The van der Waals surface area contributed by atoms with Crippen LogP contribution in [0, 0.1) is 6.92 Å². The lowest BCUT2D eigenvalue weighted by Crippen LogP contribution is -2.62. The Balaban J connectivity index is 1.20. The van der Waals surface area contributed by atoms with E-state index in [-0.39, 0.29) is 33.9 Å².